The van der Waals surface area contributed by atoms with E-state index >= 15 is 0 Å². The molecule has 102 valence electrons. The van der Waals surface area contributed by atoms with Gasteiger partial charge < -0.3 is 4.74 Å². The monoisotopic (exact) mass is 293 g/mol. The number of aliphatic imine (C=N–C) groups is 1. The lowest BCUT2D eigenvalue weighted by atomic mass is 10.1. The highest BCUT2D eigenvalue weighted by Crippen LogP contribution is 2.60. The SMILES string of the molecule is C[C@H]1O[C@]2(SC(c3ccccc3)=NC2(C)C)S[C@@H]1C. The molecule has 0 aliphatic carbocycles. The van der Waals surface area contributed by atoms with E-state index in [1.54, 1.807) is 11.8 Å². The molecule has 0 bridgehead atoms. The molecule has 0 amide bonds. The zero-order valence-corrected chi connectivity index (χ0v) is 13.3. The molecule has 1 aromatic rings. The van der Waals surface area contributed by atoms with Crippen LogP contribution in [0.1, 0.15) is 33.3 Å². The average Bonchev–Trinajstić information content (AvgIpc) is 2.79. The largest absolute Gasteiger partial charge is 0.348 e. The molecular weight excluding hydrogens is 274 g/mol. The lowest BCUT2D eigenvalue weighted by Crippen LogP contribution is -2.40. The van der Waals surface area contributed by atoms with Gasteiger partial charge in [-0.15, -0.1) is 11.8 Å². The van der Waals surface area contributed by atoms with Crippen LogP contribution in [0.3, 0.4) is 0 Å². The highest BCUT2D eigenvalue weighted by molar-refractivity contribution is 8.26. The highest BCUT2D eigenvalue weighted by Gasteiger charge is 2.59. The molecule has 1 spiro atoms. The Kier molecular flexibility index (Phi) is 3.23. The van der Waals surface area contributed by atoms with Crippen molar-refractivity contribution in [2.45, 2.75) is 48.9 Å². The molecule has 19 heavy (non-hydrogen) atoms. The fraction of sp³-hybridized carbons (Fsp3) is 0.533. The van der Waals surface area contributed by atoms with Gasteiger partial charge in [0.15, 0.2) is 4.27 Å². The number of benzene rings is 1. The Morgan fingerprint density at radius 2 is 1.84 bits per heavy atom. The van der Waals surface area contributed by atoms with Gasteiger partial charge in [0, 0.05) is 10.8 Å². The summed E-state index contributed by atoms with van der Waals surface area (Å²) in [6, 6.07) is 10.4. The number of hydrogen-bond donors (Lipinski definition) is 0. The fourth-order valence-electron chi connectivity index (χ4n) is 2.35. The van der Waals surface area contributed by atoms with Crippen molar-refractivity contribution in [3.8, 4) is 0 Å². The first-order chi connectivity index (χ1) is 8.94. The second-order valence-corrected chi connectivity index (χ2v) is 8.62. The standard InChI is InChI=1S/C15H19NOS2/c1-10-11(2)18-15(17-10)14(3,4)16-13(19-15)12-8-6-5-7-9-12/h5-11H,1-4H3/t10-,11-,15+/m1/s1. The number of rotatable bonds is 1. The summed E-state index contributed by atoms with van der Waals surface area (Å²) in [5.41, 5.74) is 0.987. The van der Waals surface area contributed by atoms with Crippen molar-refractivity contribution in [1.82, 2.24) is 0 Å². The predicted molar refractivity (Wildman–Crippen MR) is 85.0 cm³/mol. The Balaban J connectivity index is 1.94. The summed E-state index contributed by atoms with van der Waals surface area (Å²) < 4.78 is 6.03. The second kappa shape index (κ2) is 4.54. The molecule has 4 heteroatoms. The van der Waals surface area contributed by atoms with Crippen LogP contribution < -0.4 is 0 Å². The molecule has 3 atom stereocenters. The number of hydrogen-bond acceptors (Lipinski definition) is 4. The zero-order valence-electron chi connectivity index (χ0n) is 11.7. The van der Waals surface area contributed by atoms with Gasteiger partial charge in [-0.05, 0) is 20.8 Å². The predicted octanol–water partition coefficient (Wildman–Crippen LogP) is 4.15. The third-order valence-electron chi connectivity index (χ3n) is 3.73. The first-order valence-electron chi connectivity index (χ1n) is 6.63. The maximum atomic E-state index is 6.30. The molecule has 0 radical (unpaired) electrons. The van der Waals surface area contributed by atoms with Crippen molar-refractivity contribution < 1.29 is 4.74 Å². The molecule has 0 saturated carbocycles. The van der Waals surface area contributed by atoms with E-state index < -0.39 is 0 Å². The fourth-order valence-corrected chi connectivity index (χ4v) is 5.79. The van der Waals surface area contributed by atoms with Gasteiger partial charge in [0.25, 0.3) is 0 Å². The molecule has 1 saturated heterocycles. The van der Waals surface area contributed by atoms with Crippen molar-refractivity contribution >= 4 is 28.6 Å². The van der Waals surface area contributed by atoms with Crippen LogP contribution in [0.2, 0.25) is 0 Å². The Labute approximate surface area is 123 Å². The van der Waals surface area contributed by atoms with E-state index in [2.05, 4.69) is 52.0 Å². The number of nitrogens with zero attached hydrogens (tertiary/aromatic N) is 1. The van der Waals surface area contributed by atoms with Crippen molar-refractivity contribution in [2.24, 2.45) is 4.99 Å². The smallest absolute Gasteiger partial charge is 0.191 e. The van der Waals surface area contributed by atoms with Crippen LogP contribution in [0, 0.1) is 0 Å². The van der Waals surface area contributed by atoms with Crippen molar-refractivity contribution in [2.75, 3.05) is 0 Å². The molecule has 0 aromatic heterocycles. The molecular formula is C15H19NOS2. The second-order valence-electron chi connectivity index (χ2n) is 5.65. The van der Waals surface area contributed by atoms with Gasteiger partial charge in [0.1, 0.15) is 10.6 Å². The first kappa shape index (κ1) is 13.5. The third-order valence-corrected chi connectivity index (χ3v) is 7.31. The van der Waals surface area contributed by atoms with E-state index in [1.807, 2.05) is 17.8 Å². The Morgan fingerprint density at radius 1 is 1.16 bits per heavy atom. The maximum absolute atomic E-state index is 6.30. The van der Waals surface area contributed by atoms with E-state index in [9.17, 15) is 0 Å². The van der Waals surface area contributed by atoms with Crippen LogP contribution in [0.25, 0.3) is 0 Å². The summed E-state index contributed by atoms with van der Waals surface area (Å²) in [6.45, 7) is 8.74. The van der Waals surface area contributed by atoms with Gasteiger partial charge in [0.05, 0.1) is 6.10 Å². The number of thioether (sulfide) groups is 2. The summed E-state index contributed by atoms with van der Waals surface area (Å²) in [4.78, 5) is 4.93. The summed E-state index contributed by atoms with van der Waals surface area (Å²) >= 11 is 3.69. The minimum absolute atomic E-state index is 0.202. The Morgan fingerprint density at radius 3 is 2.42 bits per heavy atom. The third kappa shape index (κ3) is 2.14. The van der Waals surface area contributed by atoms with Gasteiger partial charge in [-0.25, -0.2) is 0 Å². The molecule has 2 heterocycles. The van der Waals surface area contributed by atoms with Crippen LogP contribution in [-0.4, -0.2) is 26.2 Å². The first-order valence-corrected chi connectivity index (χ1v) is 8.33. The summed E-state index contributed by atoms with van der Waals surface area (Å²) in [5, 5.41) is 1.61. The quantitative estimate of drug-likeness (QED) is 0.776. The maximum Gasteiger partial charge on any atom is 0.191 e. The lowest BCUT2D eigenvalue weighted by molar-refractivity contribution is 0.0177. The van der Waals surface area contributed by atoms with E-state index in [4.69, 9.17) is 9.73 Å². The molecule has 3 rings (SSSR count). The molecule has 2 aliphatic heterocycles. The van der Waals surface area contributed by atoms with E-state index in [0.717, 1.165) is 5.04 Å². The van der Waals surface area contributed by atoms with Gasteiger partial charge in [-0.1, -0.05) is 49.0 Å². The average molecular weight is 293 g/mol. The zero-order chi connectivity index (χ0) is 13.7. The van der Waals surface area contributed by atoms with Crippen molar-refractivity contribution in [1.29, 1.82) is 0 Å². The van der Waals surface area contributed by atoms with Crippen molar-refractivity contribution in [3.63, 3.8) is 0 Å². The minimum Gasteiger partial charge on any atom is -0.348 e. The van der Waals surface area contributed by atoms with E-state index in [0.29, 0.717) is 5.25 Å². The molecule has 1 aromatic carbocycles. The Bertz CT molecular complexity index is 502. The highest BCUT2D eigenvalue weighted by atomic mass is 32.2. The van der Waals surface area contributed by atoms with Gasteiger partial charge >= 0.3 is 0 Å². The van der Waals surface area contributed by atoms with Crippen molar-refractivity contribution in [3.05, 3.63) is 35.9 Å². The van der Waals surface area contributed by atoms with E-state index in [-0.39, 0.29) is 15.9 Å². The topological polar surface area (TPSA) is 21.6 Å². The summed E-state index contributed by atoms with van der Waals surface area (Å²) in [5.74, 6) is 0. The van der Waals surface area contributed by atoms with Crippen LogP contribution in [0.15, 0.2) is 35.3 Å². The Hall–Kier alpha value is -0.450. The summed E-state index contributed by atoms with van der Waals surface area (Å²) in [7, 11) is 0. The minimum atomic E-state index is -0.267. The van der Waals surface area contributed by atoms with Gasteiger partial charge in [-0.2, -0.15) is 0 Å². The normalized spacial score (nSPS) is 36.7. The van der Waals surface area contributed by atoms with Gasteiger partial charge in [0.2, 0.25) is 0 Å². The van der Waals surface area contributed by atoms with Crippen LogP contribution >= 0.6 is 23.5 Å². The number of ether oxygens (including phenoxy) is 1. The van der Waals surface area contributed by atoms with Crippen LogP contribution in [0.5, 0.6) is 0 Å². The van der Waals surface area contributed by atoms with Crippen LogP contribution in [0.4, 0.5) is 0 Å². The molecule has 2 aliphatic rings. The molecule has 0 unspecified atom stereocenters. The molecule has 0 N–H and O–H groups in total. The molecule has 1 fully saturated rings. The van der Waals surface area contributed by atoms with E-state index in [1.165, 1.54) is 5.56 Å². The lowest BCUT2D eigenvalue weighted by Gasteiger charge is -2.33. The van der Waals surface area contributed by atoms with Gasteiger partial charge in [-0.3, -0.25) is 4.99 Å². The molecule has 2 nitrogen and oxygen atoms in total. The summed E-state index contributed by atoms with van der Waals surface area (Å²) in [6.07, 6.45) is 0.280. The van der Waals surface area contributed by atoms with Crippen LogP contribution in [-0.2, 0) is 4.74 Å².